The number of hydrogen-bond acceptors (Lipinski definition) is 4. The van der Waals surface area contributed by atoms with Crippen LogP contribution in [0.15, 0.2) is 18.3 Å². The summed E-state index contributed by atoms with van der Waals surface area (Å²) < 4.78 is 0. The summed E-state index contributed by atoms with van der Waals surface area (Å²) in [7, 11) is 0. The van der Waals surface area contributed by atoms with Gasteiger partial charge in [0.15, 0.2) is 0 Å². The molecule has 0 saturated carbocycles. The number of nitriles is 1. The number of rotatable bonds is 4. The molecule has 1 atom stereocenters. The molecule has 3 nitrogen and oxygen atoms in total. The van der Waals surface area contributed by atoms with E-state index in [2.05, 4.69) is 29.5 Å². The van der Waals surface area contributed by atoms with Gasteiger partial charge >= 0.3 is 0 Å². The molecule has 1 aromatic rings. The summed E-state index contributed by atoms with van der Waals surface area (Å²) in [4.78, 5) is 4.12. The van der Waals surface area contributed by atoms with Gasteiger partial charge in [0.05, 0.1) is 11.6 Å². The van der Waals surface area contributed by atoms with Crippen molar-refractivity contribution >= 4 is 17.6 Å². The van der Waals surface area contributed by atoms with E-state index in [0.717, 1.165) is 12.4 Å². The lowest BCUT2D eigenvalue weighted by molar-refractivity contribution is 0.991. The second kappa shape index (κ2) is 5.51. The molecule has 4 heteroatoms. The Kier molecular flexibility index (Phi) is 4.27. The third-order valence-electron chi connectivity index (χ3n) is 1.86. The Hall–Kier alpha value is -1.21. The number of thioether (sulfide) groups is 1. The van der Waals surface area contributed by atoms with Gasteiger partial charge in [-0.15, -0.1) is 0 Å². The summed E-state index contributed by atoms with van der Waals surface area (Å²) in [6.07, 6.45) is 3.72. The molecule has 0 aliphatic heterocycles. The van der Waals surface area contributed by atoms with E-state index >= 15 is 0 Å². The van der Waals surface area contributed by atoms with Crippen molar-refractivity contribution in [3.63, 3.8) is 0 Å². The van der Waals surface area contributed by atoms with Gasteiger partial charge in [-0.3, -0.25) is 0 Å². The highest BCUT2D eigenvalue weighted by Gasteiger charge is 2.00. The number of pyridine rings is 1. The molecule has 0 radical (unpaired) electrons. The van der Waals surface area contributed by atoms with E-state index in [1.165, 1.54) is 0 Å². The van der Waals surface area contributed by atoms with Crippen LogP contribution in [-0.2, 0) is 0 Å². The monoisotopic (exact) mass is 207 g/mol. The summed E-state index contributed by atoms with van der Waals surface area (Å²) in [5.41, 5.74) is 0.638. The molecule has 74 valence electrons. The van der Waals surface area contributed by atoms with Gasteiger partial charge in [-0.05, 0) is 18.4 Å². The maximum absolute atomic E-state index is 8.68. The molecular formula is C10H13N3S. The highest BCUT2D eigenvalue weighted by atomic mass is 32.2. The highest BCUT2D eigenvalue weighted by molar-refractivity contribution is 7.99. The zero-order chi connectivity index (χ0) is 10.4. The van der Waals surface area contributed by atoms with Gasteiger partial charge in [0.25, 0.3) is 0 Å². The number of hydrogen-bond donors (Lipinski definition) is 1. The Labute approximate surface area is 88.5 Å². The van der Waals surface area contributed by atoms with Crippen molar-refractivity contribution in [3.8, 4) is 6.07 Å². The molecule has 0 aliphatic carbocycles. The molecule has 0 spiro atoms. The minimum Gasteiger partial charge on any atom is -0.369 e. The highest BCUT2D eigenvalue weighted by Crippen LogP contribution is 2.09. The van der Waals surface area contributed by atoms with Crippen molar-refractivity contribution in [1.29, 1.82) is 5.26 Å². The summed E-state index contributed by atoms with van der Waals surface area (Å²) in [6, 6.07) is 5.54. The van der Waals surface area contributed by atoms with Gasteiger partial charge in [0, 0.05) is 18.0 Å². The predicted molar refractivity (Wildman–Crippen MR) is 60.4 cm³/mol. The van der Waals surface area contributed by atoms with Crippen LogP contribution in [0.25, 0.3) is 0 Å². The van der Waals surface area contributed by atoms with E-state index < -0.39 is 0 Å². The Morgan fingerprint density at radius 3 is 3.14 bits per heavy atom. The fourth-order valence-corrected chi connectivity index (χ4v) is 1.18. The van der Waals surface area contributed by atoms with Crippen LogP contribution in [-0.4, -0.2) is 23.0 Å². The number of nitrogens with zero attached hydrogens (tertiary/aromatic N) is 2. The Morgan fingerprint density at radius 2 is 2.50 bits per heavy atom. The van der Waals surface area contributed by atoms with E-state index in [1.807, 2.05) is 0 Å². The minimum atomic E-state index is 0.544. The lowest BCUT2D eigenvalue weighted by Crippen LogP contribution is -2.13. The Bertz CT molecular complexity index is 332. The Balaban J connectivity index is 2.55. The molecule has 1 heterocycles. The van der Waals surface area contributed by atoms with Gasteiger partial charge in [0.1, 0.15) is 5.82 Å². The maximum atomic E-state index is 8.68. The van der Waals surface area contributed by atoms with Crippen LogP contribution >= 0.6 is 11.8 Å². The van der Waals surface area contributed by atoms with E-state index in [9.17, 15) is 0 Å². The van der Waals surface area contributed by atoms with Crippen molar-refractivity contribution in [2.24, 2.45) is 0 Å². The molecular weight excluding hydrogens is 194 g/mol. The fourth-order valence-electron chi connectivity index (χ4n) is 0.928. The topological polar surface area (TPSA) is 48.7 Å². The third-order valence-corrected chi connectivity index (χ3v) is 2.83. The average Bonchev–Trinajstić information content (AvgIpc) is 2.26. The van der Waals surface area contributed by atoms with Crippen LogP contribution in [0.4, 0.5) is 5.82 Å². The summed E-state index contributed by atoms with van der Waals surface area (Å²) in [6.45, 7) is 3.01. The van der Waals surface area contributed by atoms with Crippen molar-refractivity contribution in [2.75, 3.05) is 18.1 Å². The first kappa shape index (κ1) is 10.9. The Morgan fingerprint density at radius 1 is 1.71 bits per heavy atom. The van der Waals surface area contributed by atoms with E-state index in [4.69, 9.17) is 5.26 Å². The van der Waals surface area contributed by atoms with E-state index in [0.29, 0.717) is 10.8 Å². The summed E-state index contributed by atoms with van der Waals surface area (Å²) >= 11 is 1.80. The van der Waals surface area contributed by atoms with Gasteiger partial charge in [-0.1, -0.05) is 6.92 Å². The molecule has 0 bridgehead atoms. The van der Waals surface area contributed by atoms with Crippen LogP contribution in [0.1, 0.15) is 12.5 Å². The molecule has 1 rings (SSSR count). The van der Waals surface area contributed by atoms with Crippen LogP contribution in [0.5, 0.6) is 0 Å². The summed E-state index contributed by atoms with van der Waals surface area (Å²) in [5, 5.41) is 12.4. The van der Waals surface area contributed by atoms with Gasteiger partial charge in [-0.25, -0.2) is 4.98 Å². The third kappa shape index (κ3) is 3.27. The first-order valence-electron chi connectivity index (χ1n) is 4.39. The van der Waals surface area contributed by atoms with Crippen LogP contribution < -0.4 is 5.32 Å². The second-order valence-electron chi connectivity index (χ2n) is 2.97. The van der Waals surface area contributed by atoms with Crippen molar-refractivity contribution < 1.29 is 0 Å². The molecule has 0 aliphatic rings. The van der Waals surface area contributed by atoms with Crippen molar-refractivity contribution in [2.45, 2.75) is 12.2 Å². The fraction of sp³-hybridized carbons (Fsp3) is 0.400. The van der Waals surface area contributed by atoms with E-state index in [-0.39, 0.29) is 0 Å². The largest absolute Gasteiger partial charge is 0.369 e. The molecule has 1 N–H and O–H groups in total. The number of nitrogens with one attached hydrogen (secondary N) is 1. The zero-order valence-electron chi connectivity index (χ0n) is 8.32. The SMILES string of the molecule is CSC(C)CNc1cc(C#N)ccn1. The van der Waals surface area contributed by atoms with Crippen molar-refractivity contribution in [1.82, 2.24) is 4.98 Å². The normalized spacial score (nSPS) is 11.8. The molecule has 14 heavy (non-hydrogen) atoms. The predicted octanol–water partition coefficient (Wildman–Crippen LogP) is 2.12. The van der Waals surface area contributed by atoms with Crippen LogP contribution in [0, 0.1) is 11.3 Å². The second-order valence-corrected chi connectivity index (χ2v) is 4.24. The zero-order valence-corrected chi connectivity index (χ0v) is 9.14. The number of aromatic nitrogens is 1. The lowest BCUT2D eigenvalue weighted by Gasteiger charge is -2.09. The molecule has 0 saturated heterocycles. The van der Waals surface area contributed by atoms with Crippen LogP contribution in [0.3, 0.4) is 0 Å². The molecule has 1 unspecified atom stereocenters. The maximum Gasteiger partial charge on any atom is 0.127 e. The first-order valence-corrected chi connectivity index (χ1v) is 5.68. The quantitative estimate of drug-likeness (QED) is 0.821. The summed E-state index contributed by atoms with van der Waals surface area (Å²) in [5.74, 6) is 0.768. The molecule has 1 aromatic heterocycles. The smallest absolute Gasteiger partial charge is 0.127 e. The molecule has 0 fully saturated rings. The van der Waals surface area contributed by atoms with Gasteiger partial charge in [0.2, 0.25) is 0 Å². The molecule has 0 amide bonds. The average molecular weight is 207 g/mol. The number of anilines is 1. The minimum absolute atomic E-state index is 0.544. The van der Waals surface area contributed by atoms with Gasteiger partial charge < -0.3 is 5.32 Å². The van der Waals surface area contributed by atoms with E-state index in [1.54, 1.807) is 30.1 Å². The van der Waals surface area contributed by atoms with Gasteiger partial charge in [-0.2, -0.15) is 17.0 Å². The van der Waals surface area contributed by atoms with Crippen molar-refractivity contribution in [3.05, 3.63) is 23.9 Å². The standard InChI is InChI=1S/C10H13N3S/c1-8(14-2)7-13-10-5-9(6-11)3-4-12-10/h3-5,8H,7H2,1-2H3,(H,12,13). The van der Waals surface area contributed by atoms with Crippen LogP contribution in [0.2, 0.25) is 0 Å². The first-order chi connectivity index (χ1) is 6.76. The molecule has 0 aromatic carbocycles. The lowest BCUT2D eigenvalue weighted by atomic mass is 10.3.